The predicted octanol–water partition coefficient (Wildman–Crippen LogP) is 1.63. The first-order valence-corrected chi connectivity index (χ1v) is 4.24. The third-order valence-corrected chi connectivity index (χ3v) is 1.91. The van der Waals surface area contributed by atoms with Crippen LogP contribution in [0.4, 0.5) is 0 Å². The Balaban J connectivity index is 2.15. The third-order valence-electron chi connectivity index (χ3n) is 1.91. The van der Waals surface area contributed by atoms with Crippen LogP contribution < -0.4 is 0 Å². The molecular weight excluding hydrogens is 162 g/mol. The van der Waals surface area contributed by atoms with Gasteiger partial charge in [-0.25, -0.2) is 0 Å². The minimum atomic E-state index is 0.743. The molecule has 0 amide bonds. The molecule has 2 rings (SSSR count). The summed E-state index contributed by atoms with van der Waals surface area (Å²) in [5, 5.41) is 8.08. The van der Waals surface area contributed by atoms with Gasteiger partial charge in [-0.3, -0.25) is 0 Å². The summed E-state index contributed by atoms with van der Waals surface area (Å²) in [7, 11) is 0. The first kappa shape index (κ1) is 7.98. The average Bonchev–Trinajstić information content (AvgIpc) is 2.62. The highest BCUT2D eigenvalue weighted by atomic mass is 15.5. The smallest absolute Gasteiger partial charge is 0.0857 e. The van der Waals surface area contributed by atoms with Crippen molar-refractivity contribution in [1.29, 1.82) is 0 Å². The minimum absolute atomic E-state index is 0.743. The minimum Gasteiger partial charge on any atom is -0.180 e. The van der Waals surface area contributed by atoms with E-state index in [1.165, 1.54) is 11.1 Å². The number of nitrogens with zero attached hydrogens (tertiary/aromatic N) is 3. The summed E-state index contributed by atoms with van der Waals surface area (Å²) in [6.07, 6.45) is 3.38. The van der Waals surface area contributed by atoms with E-state index in [4.69, 9.17) is 0 Å². The molecule has 2 aromatic rings. The molecule has 0 aliphatic heterocycles. The molecule has 0 N–H and O–H groups in total. The van der Waals surface area contributed by atoms with Crippen LogP contribution in [0.5, 0.6) is 0 Å². The molecule has 0 radical (unpaired) electrons. The molecule has 0 fully saturated rings. The van der Waals surface area contributed by atoms with Gasteiger partial charge in [0.1, 0.15) is 0 Å². The van der Waals surface area contributed by atoms with Crippen LogP contribution in [0.25, 0.3) is 0 Å². The molecule has 1 aromatic heterocycles. The fraction of sp³-hybridized carbons (Fsp3) is 0.200. The SMILES string of the molecule is Cc1ccc(Cn2nccn2)cc1. The highest BCUT2D eigenvalue weighted by Crippen LogP contribution is 2.03. The van der Waals surface area contributed by atoms with E-state index in [2.05, 4.69) is 41.4 Å². The van der Waals surface area contributed by atoms with Crippen molar-refractivity contribution in [2.75, 3.05) is 0 Å². The zero-order chi connectivity index (χ0) is 9.10. The molecule has 13 heavy (non-hydrogen) atoms. The van der Waals surface area contributed by atoms with Crippen molar-refractivity contribution in [2.45, 2.75) is 13.5 Å². The zero-order valence-corrected chi connectivity index (χ0v) is 7.51. The molecule has 0 aliphatic carbocycles. The maximum Gasteiger partial charge on any atom is 0.0857 e. The Labute approximate surface area is 77.0 Å². The van der Waals surface area contributed by atoms with E-state index in [0.717, 1.165) is 6.54 Å². The number of aromatic nitrogens is 3. The van der Waals surface area contributed by atoms with Crippen LogP contribution in [0, 0.1) is 6.92 Å². The predicted molar refractivity (Wildman–Crippen MR) is 50.3 cm³/mol. The summed E-state index contributed by atoms with van der Waals surface area (Å²) in [4.78, 5) is 1.67. The molecule has 0 atom stereocenters. The van der Waals surface area contributed by atoms with Gasteiger partial charge in [0.05, 0.1) is 18.9 Å². The van der Waals surface area contributed by atoms with Gasteiger partial charge < -0.3 is 0 Å². The number of hydrogen-bond donors (Lipinski definition) is 0. The molecule has 1 aromatic carbocycles. The lowest BCUT2D eigenvalue weighted by atomic mass is 10.1. The van der Waals surface area contributed by atoms with Gasteiger partial charge in [0.2, 0.25) is 0 Å². The summed E-state index contributed by atoms with van der Waals surface area (Å²) in [5.41, 5.74) is 2.50. The topological polar surface area (TPSA) is 30.7 Å². The van der Waals surface area contributed by atoms with Gasteiger partial charge in [0.25, 0.3) is 0 Å². The zero-order valence-electron chi connectivity index (χ0n) is 7.51. The quantitative estimate of drug-likeness (QED) is 0.691. The van der Waals surface area contributed by atoms with Crippen LogP contribution in [0.1, 0.15) is 11.1 Å². The number of benzene rings is 1. The van der Waals surface area contributed by atoms with Gasteiger partial charge in [-0.05, 0) is 12.5 Å². The summed E-state index contributed by atoms with van der Waals surface area (Å²) in [6, 6.07) is 8.38. The maximum absolute atomic E-state index is 4.04. The maximum atomic E-state index is 4.04. The van der Waals surface area contributed by atoms with Gasteiger partial charge in [0, 0.05) is 0 Å². The second-order valence-electron chi connectivity index (χ2n) is 3.05. The molecule has 3 nitrogen and oxygen atoms in total. The van der Waals surface area contributed by atoms with Crippen LogP contribution in [0.2, 0.25) is 0 Å². The van der Waals surface area contributed by atoms with Crippen LogP contribution in [0.3, 0.4) is 0 Å². The number of hydrogen-bond acceptors (Lipinski definition) is 2. The van der Waals surface area contributed by atoms with Gasteiger partial charge in [-0.15, -0.1) is 0 Å². The Morgan fingerprint density at radius 2 is 1.69 bits per heavy atom. The van der Waals surface area contributed by atoms with Gasteiger partial charge >= 0.3 is 0 Å². The molecule has 66 valence electrons. The molecule has 0 saturated carbocycles. The standard InChI is InChI=1S/C10H11N3/c1-9-2-4-10(5-3-9)8-13-11-6-7-12-13/h2-7H,8H2,1H3. The van der Waals surface area contributed by atoms with Crippen molar-refractivity contribution < 1.29 is 0 Å². The molecular formula is C10H11N3. The first-order chi connectivity index (χ1) is 6.34. The van der Waals surface area contributed by atoms with Gasteiger partial charge in [-0.1, -0.05) is 29.8 Å². The average molecular weight is 173 g/mol. The Hall–Kier alpha value is -1.64. The normalized spacial score (nSPS) is 10.2. The van der Waals surface area contributed by atoms with Crippen molar-refractivity contribution >= 4 is 0 Å². The van der Waals surface area contributed by atoms with Crippen LogP contribution in [0.15, 0.2) is 36.7 Å². The second-order valence-corrected chi connectivity index (χ2v) is 3.05. The van der Waals surface area contributed by atoms with Gasteiger partial charge in [0.15, 0.2) is 0 Å². The Kier molecular flexibility index (Phi) is 2.08. The fourth-order valence-electron chi connectivity index (χ4n) is 1.18. The van der Waals surface area contributed by atoms with Gasteiger partial charge in [-0.2, -0.15) is 15.0 Å². The highest BCUT2D eigenvalue weighted by molar-refractivity contribution is 5.21. The fourth-order valence-corrected chi connectivity index (χ4v) is 1.18. The van der Waals surface area contributed by atoms with Crippen LogP contribution in [-0.2, 0) is 6.54 Å². The van der Waals surface area contributed by atoms with E-state index in [1.54, 1.807) is 17.2 Å². The van der Waals surface area contributed by atoms with Crippen molar-refractivity contribution in [3.05, 3.63) is 47.8 Å². The van der Waals surface area contributed by atoms with E-state index in [1.807, 2.05) is 0 Å². The van der Waals surface area contributed by atoms with E-state index in [-0.39, 0.29) is 0 Å². The molecule has 0 aliphatic rings. The molecule has 1 heterocycles. The number of aryl methyl sites for hydroxylation is 1. The highest BCUT2D eigenvalue weighted by Gasteiger charge is 1.94. The lowest BCUT2D eigenvalue weighted by molar-refractivity contribution is 0.591. The summed E-state index contributed by atoms with van der Waals surface area (Å²) >= 11 is 0. The lowest BCUT2D eigenvalue weighted by Crippen LogP contribution is -2.02. The van der Waals surface area contributed by atoms with E-state index in [0.29, 0.717) is 0 Å². The Morgan fingerprint density at radius 1 is 1.08 bits per heavy atom. The number of rotatable bonds is 2. The molecule has 0 spiro atoms. The van der Waals surface area contributed by atoms with E-state index >= 15 is 0 Å². The van der Waals surface area contributed by atoms with Crippen LogP contribution >= 0.6 is 0 Å². The Morgan fingerprint density at radius 3 is 2.31 bits per heavy atom. The van der Waals surface area contributed by atoms with E-state index in [9.17, 15) is 0 Å². The third kappa shape index (κ3) is 1.93. The molecule has 3 heteroatoms. The summed E-state index contributed by atoms with van der Waals surface area (Å²) in [6.45, 7) is 2.82. The van der Waals surface area contributed by atoms with Crippen molar-refractivity contribution in [1.82, 2.24) is 15.0 Å². The van der Waals surface area contributed by atoms with Crippen molar-refractivity contribution in [3.8, 4) is 0 Å². The molecule has 0 bridgehead atoms. The lowest BCUT2D eigenvalue weighted by Gasteiger charge is -2.00. The first-order valence-electron chi connectivity index (χ1n) is 4.24. The molecule has 0 saturated heterocycles. The van der Waals surface area contributed by atoms with Crippen molar-refractivity contribution in [2.24, 2.45) is 0 Å². The summed E-state index contributed by atoms with van der Waals surface area (Å²) < 4.78 is 0. The Bertz CT molecular complexity index is 362. The van der Waals surface area contributed by atoms with E-state index < -0.39 is 0 Å². The second kappa shape index (κ2) is 3.39. The summed E-state index contributed by atoms with van der Waals surface area (Å²) in [5.74, 6) is 0. The van der Waals surface area contributed by atoms with Crippen LogP contribution in [-0.4, -0.2) is 15.0 Å². The van der Waals surface area contributed by atoms with Crippen molar-refractivity contribution in [3.63, 3.8) is 0 Å². The monoisotopic (exact) mass is 173 g/mol. The molecule has 0 unspecified atom stereocenters. The largest absolute Gasteiger partial charge is 0.180 e.